The van der Waals surface area contributed by atoms with E-state index in [4.69, 9.17) is 11.6 Å². The summed E-state index contributed by atoms with van der Waals surface area (Å²) in [5, 5.41) is 5.91. The number of carbonyl (C=O) groups excluding carboxylic acids is 2. The Labute approximate surface area is 153 Å². The number of fused-ring (bicyclic) bond motifs is 1. The number of thioether (sulfide) groups is 1. The largest absolute Gasteiger partial charge is 0.338 e. The van der Waals surface area contributed by atoms with E-state index in [-0.39, 0.29) is 17.9 Å². The second-order valence-corrected chi connectivity index (χ2v) is 6.34. The zero-order valence-electron chi connectivity index (χ0n) is 13.5. The average molecular weight is 381 g/mol. The summed E-state index contributed by atoms with van der Waals surface area (Å²) >= 11 is 7.02. The number of imide groups is 1. The lowest BCUT2D eigenvalue weighted by Crippen LogP contribution is -2.40. The highest BCUT2D eigenvalue weighted by atomic mass is 35.5. The van der Waals surface area contributed by atoms with Gasteiger partial charge in [-0.2, -0.15) is 0 Å². The van der Waals surface area contributed by atoms with E-state index in [2.05, 4.69) is 22.2 Å². The van der Waals surface area contributed by atoms with Gasteiger partial charge in [0.2, 0.25) is 5.91 Å². The standard InChI is InChI=1S/C16H17ClN4O3S/c1-3-7-21-14(23)11-6-5-10(17)8-12(11)19-16(21)25-9-13(22)20-15(24)18-4-2/h3,5-6,8H,1,4,7,9H2,2H3,(H2,18,20,22,24). The first kappa shape index (κ1) is 19.0. The molecule has 2 rings (SSSR count). The fourth-order valence-electron chi connectivity index (χ4n) is 2.07. The number of hydrogen-bond donors (Lipinski definition) is 2. The van der Waals surface area contributed by atoms with E-state index in [1.54, 1.807) is 31.2 Å². The third-order valence-electron chi connectivity index (χ3n) is 3.12. The zero-order chi connectivity index (χ0) is 18.4. The van der Waals surface area contributed by atoms with Crippen molar-refractivity contribution in [2.45, 2.75) is 18.6 Å². The van der Waals surface area contributed by atoms with Crippen molar-refractivity contribution in [3.8, 4) is 0 Å². The van der Waals surface area contributed by atoms with Gasteiger partial charge in [-0.15, -0.1) is 6.58 Å². The number of urea groups is 1. The zero-order valence-corrected chi connectivity index (χ0v) is 15.1. The molecule has 2 aromatic rings. The summed E-state index contributed by atoms with van der Waals surface area (Å²) in [5.74, 6) is -0.547. The molecule has 132 valence electrons. The number of halogens is 1. The molecule has 0 aliphatic heterocycles. The van der Waals surface area contributed by atoms with Gasteiger partial charge in [-0.1, -0.05) is 29.4 Å². The molecule has 0 atom stereocenters. The van der Waals surface area contributed by atoms with Crippen LogP contribution in [0.15, 0.2) is 40.8 Å². The second kappa shape index (κ2) is 8.68. The number of benzene rings is 1. The lowest BCUT2D eigenvalue weighted by atomic mass is 10.2. The summed E-state index contributed by atoms with van der Waals surface area (Å²) in [4.78, 5) is 40.2. The maximum atomic E-state index is 12.6. The number of allylic oxidation sites excluding steroid dienone is 1. The van der Waals surface area contributed by atoms with Crippen molar-refractivity contribution in [3.05, 3.63) is 46.2 Å². The Morgan fingerprint density at radius 3 is 2.88 bits per heavy atom. The van der Waals surface area contributed by atoms with E-state index < -0.39 is 11.9 Å². The number of aromatic nitrogens is 2. The van der Waals surface area contributed by atoms with Crippen LogP contribution in [0.3, 0.4) is 0 Å². The first-order chi connectivity index (χ1) is 12.0. The van der Waals surface area contributed by atoms with Gasteiger partial charge in [0.15, 0.2) is 5.16 Å². The van der Waals surface area contributed by atoms with Crippen molar-refractivity contribution in [1.29, 1.82) is 0 Å². The van der Waals surface area contributed by atoms with E-state index in [1.165, 1.54) is 4.57 Å². The number of carbonyl (C=O) groups is 2. The highest BCUT2D eigenvalue weighted by molar-refractivity contribution is 7.99. The Morgan fingerprint density at radius 1 is 1.44 bits per heavy atom. The molecule has 2 N–H and O–H groups in total. The Hall–Kier alpha value is -2.32. The van der Waals surface area contributed by atoms with Crippen LogP contribution in [0, 0.1) is 0 Å². The van der Waals surface area contributed by atoms with Gasteiger partial charge in [-0.05, 0) is 25.1 Å². The quantitative estimate of drug-likeness (QED) is 0.455. The molecule has 9 heteroatoms. The summed E-state index contributed by atoms with van der Waals surface area (Å²) < 4.78 is 1.42. The van der Waals surface area contributed by atoms with Crippen molar-refractivity contribution in [3.63, 3.8) is 0 Å². The molecule has 1 aromatic carbocycles. The number of nitrogens with one attached hydrogen (secondary N) is 2. The van der Waals surface area contributed by atoms with Crippen LogP contribution >= 0.6 is 23.4 Å². The molecule has 3 amide bonds. The molecule has 25 heavy (non-hydrogen) atoms. The molecule has 0 saturated carbocycles. The van der Waals surface area contributed by atoms with Gasteiger partial charge in [0.1, 0.15) is 0 Å². The van der Waals surface area contributed by atoms with E-state index in [9.17, 15) is 14.4 Å². The smallest absolute Gasteiger partial charge is 0.321 e. The molecular weight excluding hydrogens is 364 g/mol. The van der Waals surface area contributed by atoms with Crippen LogP contribution < -0.4 is 16.2 Å². The molecule has 1 heterocycles. The van der Waals surface area contributed by atoms with Gasteiger partial charge >= 0.3 is 6.03 Å². The van der Waals surface area contributed by atoms with E-state index >= 15 is 0 Å². The van der Waals surface area contributed by atoms with Gasteiger partial charge in [0.05, 0.1) is 16.7 Å². The molecule has 7 nitrogen and oxygen atoms in total. The minimum absolute atomic E-state index is 0.0627. The Morgan fingerprint density at radius 2 is 2.20 bits per heavy atom. The summed E-state index contributed by atoms with van der Waals surface area (Å²) in [6, 6.07) is 4.27. The van der Waals surface area contributed by atoms with Gasteiger partial charge < -0.3 is 5.32 Å². The fraction of sp³-hybridized carbons (Fsp3) is 0.250. The SMILES string of the molecule is C=CCn1c(SCC(=O)NC(=O)NCC)nc2cc(Cl)ccc2c1=O. The normalized spacial score (nSPS) is 10.5. The van der Waals surface area contributed by atoms with Crippen molar-refractivity contribution in [2.75, 3.05) is 12.3 Å². The maximum absolute atomic E-state index is 12.6. The number of nitrogens with zero attached hydrogens (tertiary/aromatic N) is 2. The molecule has 0 radical (unpaired) electrons. The Bertz CT molecular complexity index is 882. The second-order valence-electron chi connectivity index (χ2n) is 4.96. The summed E-state index contributed by atoms with van der Waals surface area (Å²) in [7, 11) is 0. The van der Waals surface area contributed by atoms with Gasteiger partial charge in [0, 0.05) is 18.1 Å². The van der Waals surface area contributed by atoms with Crippen LogP contribution in [0.25, 0.3) is 10.9 Å². The summed E-state index contributed by atoms with van der Waals surface area (Å²) in [6.07, 6.45) is 1.57. The third kappa shape index (κ3) is 4.83. The lowest BCUT2D eigenvalue weighted by molar-refractivity contribution is -0.117. The van der Waals surface area contributed by atoms with E-state index in [1.807, 2.05) is 0 Å². The highest BCUT2D eigenvalue weighted by Gasteiger charge is 2.14. The van der Waals surface area contributed by atoms with Crippen LogP contribution in [-0.2, 0) is 11.3 Å². The molecule has 0 unspecified atom stereocenters. The predicted octanol–water partition coefficient (Wildman–Crippen LogP) is 2.17. The van der Waals surface area contributed by atoms with Gasteiger partial charge in [-0.25, -0.2) is 9.78 Å². The molecule has 0 spiro atoms. The topological polar surface area (TPSA) is 93.1 Å². The van der Waals surface area contributed by atoms with Crippen LogP contribution in [0.5, 0.6) is 0 Å². The van der Waals surface area contributed by atoms with Crippen LogP contribution in [-0.4, -0.2) is 33.8 Å². The number of hydrogen-bond acceptors (Lipinski definition) is 5. The van der Waals surface area contributed by atoms with E-state index in [0.29, 0.717) is 27.6 Å². The molecule has 0 bridgehead atoms. The molecule has 0 fully saturated rings. The highest BCUT2D eigenvalue weighted by Crippen LogP contribution is 2.20. The lowest BCUT2D eigenvalue weighted by Gasteiger charge is -2.11. The first-order valence-corrected chi connectivity index (χ1v) is 8.84. The van der Waals surface area contributed by atoms with Crippen molar-refractivity contribution in [2.24, 2.45) is 0 Å². The number of rotatable bonds is 6. The minimum atomic E-state index is -0.560. The molecule has 0 saturated heterocycles. The summed E-state index contributed by atoms with van der Waals surface area (Å²) in [5.41, 5.74) is 0.206. The average Bonchev–Trinajstić information content (AvgIpc) is 2.56. The molecule has 0 aliphatic rings. The van der Waals surface area contributed by atoms with Crippen molar-refractivity contribution >= 4 is 46.2 Å². The Balaban J connectivity index is 2.28. The van der Waals surface area contributed by atoms with Crippen LogP contribution in [0.2, 0.25) is 5.02 Å². The van der Waals surface area contributed by atoms with Crippen LogP contribution in [0.1, 0.15) is 6.92 Å². The molecule has 1 aromatic heterocycles. The van der Waals surface area contributed by atoms with Crippen molar-refractivity contribution < 1.29 is 9.59 Å². The predicted molar refractivity (Wildman–Crippen MR) is 99.1 cm³/mol. The number of amides is 3. The fourth-order valence-corrected chi connectivity index (χ4v) is 3.05. The molecular formula is C16H17ClN4O3S. The summed E-state index contributed by atoms with van der Waals surface area (Å²) in [6.45, 7) is 6.05. The molecule has 0 aliphatic carbocycles. The van der Waals surface area contributed by atoms with Gasteiger partial charge in [-0.3, -0.25) is 19.5 Å². The maximum Gasteiger partial charge on any atom is 0.321 e. The first-order valence-electron chi connectivity index (χ1n) is 7.47. The monoisotopic (exact) mass is 380 g/mol. The van der Waals surface area contributed by atoms with Crippen molar-refractivity contribution in [1.82, 2.24) is 20.2 Å². The Kier molecular flexibility index (Phi) is 6.60. The van der Waals surface area contributed by atoms with Gasteiger partial charge in [0.25, 0.3) is 5.56 Å². The minimum Gasteiger partial charge on any atom is -0.338 e. The van der Waals surface area contributed by atoms with E-state index in [0.717, 1.165) is 11.8 Å². The third-order valence-corrected chi connectivity index (χ3v) is 4.33. The van der Waals surface area contributed by atoms with Crippen LogP contribution in [0.4, 0.5) is 4.79 Å².